The van der Waals surface area contributed by atoms with Gasteiger partial charge in [-0.3, -0.25) is 0 Å². The molecule has 0 aliphatic carbocycles. The van der Waals surface area contributed by atoms with Gasteiger partial charge in [0.2, 0.25) is 0 Å². The van der Waals surface area contributed by atoms with Crippen molar-refractivity contribution in [3.05, 3.63) is 16.9 Å². The molecule has 1 saturated heterocycles. The summed E-state index contributed by atoms with van der Waals surface area (Å²) in [4.78, 5) is 2.50. The number of hydrogen-bond donors (Lipinski definition) is 1. The number of halogens is 1. The van der Waals surface area contributed by atoms with E-state index in [0.29, 0.717) is 22.8 Å². The number of rotatable bonds is 3. The van der Waals surface area contributed by atoms with E-state index in [1.165, 1.54) is 13.0 Å². The van der Waals surface area contributed by atoms with Gasteiger partial charge in [-0.15, -0.1) is 5.10 Å². The molecule has 1 aromatic rings. The predicted octanol–water partition coefficient (Wildman–Crippen LogP) is 1.98. The minimum atomic E-state index is 0.295. The van der Waals surface area contributed by atoms with Crippen LogP contribution in [0.15, 0.2) is 6.07 Å². The van der Waals surface area contributed by atoms with Gasteiger partial charge in [-0.1, -0.05) is 11.6 Å². The lowest BCUT2D eigenvalue weighted by molar-refractivity contribution is 0.264. The monoisotopic (exact) mass is 254 g/mol. The van der Waals surface area contributed by atoms with Crippen LogP contribution < -0.4 is 5.73 Å². The van der Waals surface area contributed by atoms with Crippen LogP contribution in [0.4, 0.5) is 5.69 Å². The molecule has 0 bridgehead atoms. The van der Waals surface area contributed by atoms with Gasteiger partial charge in [0, 0.05) is 12.6 Å². The highest BCUT2D eigenvalue weighted by Gasteiger charge is 2.24. The molecule has 4 nitrogen and oxygen atoms in total. The van der Waals surface area contributed by atoms with Crippen LogP contribution in [0, 0.1) is 5.92 Å². The Balaban J connectivity index is 1.96. The fourth-order valence-electron chi connectivity index (χ4n) is 2.33. The molecule has 0 radical (unpaired) electrons. The fraction of sp³-hybridized carbons (Fsp3) is 0.667. The summed E-state index contributed by atoms with van der Waals surface area (Å²) in [5.74, 6) is 0.660. The molecule has 0 amide bonds. The zero-order chi connectivity index (χ0) is 12.4. The second-order valence-corrected chi connectivity index (χ2v) is 5.39. The van der Waals surface area contributed by atoms with Gasteiger partial charge in [0.15, 0.2) is 5.15 Å². The van der Waals surface area contributed by atoms with Crippen LogP contribution in [0.3, 0.4) is 0 Å². The molecule has 2 rings (SSSR count). The van der Waals surface area contributed by atoms with Crippen LogP contribution in [0.25, 0.3) is 0 Å². The molecule has 0 spiro atoms. The SMILES string of the molecule is CC(C)N1CCC(Cc2cc(N)c(Cl)nn2)C1. The van der Waals surface area contributed by atoms with E-state index < -0.39 is 0 Å². The van der Waals surface area contributed by atoms with Gasteiger partial charge in [-0.25, -0.2) is 0 Å². The van der Waals surface area contributed by atoms with Crippen molar-refractivity contribution < 1.29 is 0 Å². The van der Waals surface area contributed by atoms with Crippen molar-refractivity contribution in [2.75, 3.05) is 18.8 Å². The summed E-state index contributed by atoms with van der Waals surface area (Å²) < 4.78 is 0. The van der Waals surface area contributed by atoms with Crippen LogP contribution in [-0.2, 0) is 6.42 Å². The first-order chi connectivity index (χ1) is 8.06. The first kappa shape index (κ1) is 12.6. The molecule has 1 atom stereocenters. The van der Waals surface area contributed by atoms with Crippen molar-refractivity contribution in [2.24, 2.45) is 5.92 Å². The summed E-state index contributed by atoms with van der Waals surface area (Å²) in [5, 5.41) is 8.24. The Bertz CT molecular complexity index is 394. The Hall–Kier alpha value is -0.870. The highest BCUT2D eigenvalue weighted by atomic mass is 35.5. The highest BCUT2D eigenvalue weighted by Crippen LogP contribution is 2.23. The molecule has 2 N–H and O–H groups in total. The molecule has 1 aliphatic heterocycles. The minimum Gasteiger partial charge on any atom is -0.396 e. The van der Waals surface area contributed by atoms with E-state index in [2.05, 4.69) is 28.9 Å². The van der Waals surface area contributed by atoms with E-state index in [4.69, 9.17) is 17.3 Å². The third-order valence-electron chi connectivity index (χ3n) is 3.37. The topological polar surface area (TPSA) is 55.0 Å². The van der Waals surface area contributed by atoms with Crippen molar-refractivity contribution in [1.29, 1.82) is 0 Å². The zero-order valence-electron chi connectivity index (χ0n) is 10.4. The highest BCUT2D eigenvalue weighted by molar-refractivity contribution is 6.31. The molecule has 0 saturated carbocycles. The standard InChI is InChI=1S/C12H19ClN4/c1-8(2)17-4-3-9(7-17)5-10-6-11(14)12(13)16-15-10/h6,8-9H,3-5,7H2,1-2H3,(H2,14,15). The second kappa shape index (κ2) is 5.19. The van der Waals surface area contributed by atoms with E-state index in [9.17, 15) is 0 Å². The molecule has 1 fully saturated rings. The summed E-state index contributed by atoms with van der Waals surface area (Å²) in [7, 11) is 0. The Morgan fingerprint density at radius 3 is 2.88 bits per heavy atom. The van der Waals surface area contributed by atoms with Crippen molar-refractivity contribution in [3.63, 3.8) is 0 Å². The molecule has 5 heteroatoms. The lowest BCUT2D eigenvalue weighted by Crippen LogP contribution is -2.28. The van der Waals surface area contributed by atoms with E-state index in [-0.39, 0.29) is 0 Å². The third-order valence-corrected chi connectivity index (χ3v) is 3.67. The van der Waals surface area contributed by atoms with Gasteiger partial charge in [0.1, 0.15) is 0 Å². The van der Waals surface area contributed by atoms with Crippen LogP contribution in [0.5, 0.6) is 0 Å². The predicted molar refractivity (Wildman–Crippen MR) is 70.0 cm³/mol. The first-order valence-electron chi connectivity index (χ1n) is 6.08. The van der Waals surface area contributed by atoms with E-state index >= 15 is 0 Å². The van der Waals surface area contributed by atoms with Crippen LogP contribution in [0.1, 0.15) is 26.0 Å². The summed E-state index contributed by atoms with van der Waals surface area (Å²) >= 11 is 5.76. The van der Waals surface area contributed by atoms with Gasteiger partial charge in [-0.2, -0.15) is 5.10 Å². The lowest BCUT2D eigenvalue weighted by Gasteiger charge is -2.20. The van der Waals surface area contributed by atoms with Crippen LogP contribution in [-0.4, -0.2) is 34.2 Å². The van der Waals surface area contributed by atoms with Crippen LogP contribution in [0.2, 0.25) is 5.15 Å². The van der Waals surface area contributed by atoms with Crippen molar-refractivity contribution in [3.8, 4) is 0 Å². The molecule has 1 aromatic heterocycles. The Kier molecular flexibility index (Phi) is 3.84. The van der Waals surface area contributed by atoms with E-state index in [1.54, 1.807) is 0 Å². The second-order valence-electron chi connectivity index (χ2n) is 5.03. The van der Waals surface area contributed by atoms with Gasteiger partial charge in [-0.05, 0) is 45.2 Å². The molecule has 2 heterocycles. The largest absolute Gasteiger partial charge is 0.396 e. The summed E-state index contributed by atoms with van der Waals surface area (Å²) in [6, 6.07) is 2.47. The fourth-order valence-corrected chi connectivity index (χ4v) is 2.42. The summed E-state index contributed by atoms with van der Waals surface area (Å²) in [6.45, 7) is 6.80. The van der Waals surface area contributed by atoms with Crippen molar-refractivity contribution in [1.82, 2.24) is 15.1 Å². The molecule has 94 valence electrons. The van der Waals surface area contributed by atoms with Crippen molar-refractivity contribution in [2.45, 2.75) is 32.7 Å². The molecular weight excluding hydrogens is 236 g/mol. The van der Waals surface area contributed by atoms with E-state index in [0.717, 1.165) is 18.7 Å². The quantitative estimate of drug-likeness (QED) is 0.896. The number of anilines is 1. The number of nitrogens with two attached hydrogens (primary N) is 1. The van der Waals surface area contributed by atoms with Gasteiger partial charge in [0.25, 0.3) is 0 Å². The molecule has 0 aromatic carbocycles. The maximum Gasteiger partial charge on any atom is 0.174 e. The number of likely N-dealkylation sites (tertiary alicyclic amines) is 1. The maximum atomic E-state index is 5.76. The minimum absolute atomic E-state index is 0.295. The van der Waals surface area contributed by atoms with Gasteiger partial charge in [0.05, 0.1) is 11.4 Å². The average Bonchev–Trinajstić information content (AvgIpc) is 2.72. The Labute approximate surface area is 107 Å². The average molecular weight is 255 g/mol. The third kappa shape index (κ3) is 3.07. The Morgan fingerprint density at radius 1 is 1.53 bits per heavy atom. The molecule has 1 unspecified atom stereocenters. The number of nitrogens with zero attached hydrogens (tertiary/aromatic N) is 3. The van der Waals surface area contributed by atoms with Gasteiger partial charge < -0.3 is 10.6 Å². The summed E-state index contributed by atoms with van der Waals surface area (Å²) in [5.41, 5.74) is 7.20. The molecular formula is C12H19ClN4. The molecule has 1 aliphatic rings. The molecule has 17 heavy (non-hydrogen) atoms. The van der Waals surface area contributed by atoms with Crippen LogP contribution >= 0.6 is 11.6 Å². The normalized spacial score (nSPS) is 21.3. The van der Waals surface area contributed by atoms with Crippen molar-refractivity contribution >= 4 is 17.3 Å². The Morgan fingerprint density at radius 2 is 2.29 bits per heavy atom. The first-order valence-corrected chi connectivity index (χ1v) is 6.45. The zero-order valence-corrected chi connectivity index (χ0v) is 11.1. The summed E-state index contributed by atoms with van der Waals surface area (Å²) in [6.07, 6.45) is 2.17. The van der Waals surface area contributed by atoms with E-state index in [1.807, 2.05) is 6.07 Å². The number of nitrogen functional groups attached to an aromatic ring is 1. The lowest BCUT2D eigenvalue weighted by atomic mass is 10.0. The van der Waals surface area contributed by atoms with Gasteiger partial charge >= 0.3 is 0 Å². The maximum absolute atomic E-state index is 5.76. The smallest absolute Gasteiger partial charge is 0.174 e. The number of aromatic nitrogens is 2. The number of hydrogen-bond acceptors (Lipinski definition) is 4.